The zero-order valence-corrected chi connectivity index (χ0v) is 17.8. The van der Waals surface area contributed by atoms with E-state index in [2.05, 4.69) is 36.7 Å². The van der Waals surface area contributed by atoms with Gasteiger partial charge in [-0.15, -0.1) is 0 Å². The summed E-state index contributed by atoms with van der Waals surface area (Å²) in [7, 11) is -3.38. The second-order valence-corrected chi connectivity index (χ2v) is 9.46. The molecule has 0 atom stereocenters. The van der Waals surface area contributed by atoms with Crippen molar-refractivity contribution in [2.75, 3.05) is 30.7 Å². The molecule has 0 saturated carbocycles. The standard InChI is InChI=1S/C16H16BrFN6O5S/c17-11-9-10(3-4-12(11)18)24-15(22-28-16(24)25)13-14(21-29-20-13)19-5-8-30(26,27)23-6-1-2-7-23/h3-4,9H,1-2,5-8H2,(H,19,21). The summed E-state index contributed by atoms with van der Waals surface area (Å²) in [5, 5.41) is 14.0. The molecule has 3 heterocycles. The van der Waals surface area contributed by atoms with Crippen LogP contribution in [0.25, 0.3) is 17.2 Å². The van der Waals surface area contributed by atoms with E-state index in [9.17, 15) is 17.6 Å². The van der Waals surface area contributed by atoms with Crippen LogP contribution in [0.1, 0.15) is 12.8 Å². The normalized spacial score (nSPS) is 15.0. The van der Waals surface area contributed by atoms with Crippen molar-refractivity contribution in [2.45, 2.75) is 12.8 Å². The van der Waals surface area contributed by atoms with Gasteiger partial charge in [-0.05, 0) is 57.3 Å². The van der Waals surface area contributed by atoms with Gasteiger partial charge in [-0.2, -0.15) is 0 Å². The number of halogens is 2. The van der Waals surface area contributed by atoms with Crippen LogP contribution >= 0.6 is 15.9 Å². The van der Waals surface area contributed by atoms with Gasteiger partial charge in [0, 0.05) is 19.6 Å². The molecular formula is C16H16BrFN6O5S. The van der Waals surface area contributed by atoms with E-state index in [1.165, 1.54) is 22.5 Å². The van der Waals surface area contributed by atoms with Crippen LogP contribution in [0.3, 0.4) is 0 Å². The topological polar surface area (TPSA) is 136 Å². The molecule has 0 spiro atoms. The second-order valence-electron chi connectivity index (χ2n) is 6.52. The van der Waals surface area contributed by atoms with E-state index in [0.717, 1.165) is 17.4 Å². The number of nitrogens with one attached hydrogen (secondary N) is 1. The first-order valence-electron chi connectivity index (χ1n) is 8.95. The molecule has 0 amide bonds. The van der Waals surface area contributed by atoms with Crippen molar-refractivity contribution in [3.63, 3.8) is 0 Å². The molecule has 1 fully saturated rings. The molecule has 0 radical (unpaired) electrons. The Kier molecular flexibility index (Phi) is 5.71. The second kappa shape index (κ2) is 8.28. The fourth-order valence-electron chi connectivity index (χ4n) is 3.10. The van der Waals surface area contributed by atoms with Crippen molar-refractivity contribution in [2.24, 2.45) is 0 Å². The maximum Gasteiger partial charge on any atom is 0.446 e. The third-order valence-electron chi connectivity index (χ3n) is 4.58. The summed E-state index contributed by atoms with van der Waals surface area (Å²) in [6, 6.07) is 3.91. The van der Waals surface area contributed by atoms with Gasteiger partial charge in [0.15, 0.2) is 5.69 Å². The number of benzene rings is 1. The van der Waals surface area contributed by atoms with Crippen molar-refractivity contribution in [1.82, 2.24) is 24.3 Å². The van der Waals surface area contributed by atoms with E-state index in [1.807, 2.05) is 0 Å². The van der Waals surface area contributed by atoms with Crippen molar-refractivity contribution < 1.29 is 22.0 Å². The summed E-state index contributed by atoms with van der Waals surface area (Å²) in [6.45, 7) is 1.10. The highest BCUT2D eigenvalue weighted by Gasteiger charge is 2.26. The fraction of sp³-hybridized carbons (Fsp3) is 0.375. The molecule has 0 unspecified atom stereocenters. The lowest BCUT2D eigenvalue weighted by Crippen LogP contribution is -2.32. The molecule has 11 nitrogen and oxygen atoms in total. The molecular weight excluding hydrogens is 487 g/mol. The summed E-state index contributed by atoms with van der Waals surface area (Å²) in [6.07, 6.45) is 1.71. The van der Waals surface area contributed by atoms with Gasteiger partial charge in [-0.25, -0.2) is 31.1 Å². The Bertz CT molecular complexity index is 1220. The van der Waals surface area contributed by atoms with Gasteiger partial charge in [0.25, 0.3) is 0 Å². The minimum Gasteiger partial charge on any atom is -0.364 e. The first-order chi connectivity index (χ1) is 14.4. The summed E-state index contributed by atoms with van der Waals surface area (Å²) < 4.78 is 50.4. The summed E-state index contributed by atoms with van der Waals surface area (Å²) in [5.74, 6) is -1.42. The summed E-state index contributed by atoms with van der Waals surface area (Å²) >= 11 is 3.06. The molecule has 30 heavy (non-hydrogen) atoms. The highest BCUT2D eigenvalue weighted by Crippen LogP contribution is 2.26. The number of nitrogens with zero attached hydrogens (tertiary/aromatic N) is 5. The van der Waals surface area contributed by atoms with E-state index in [1.54, 1.807) is 0 Å². The van der Waals surface area contributed by atoms with Gasteiger partial charge in [-0.3, -0.25) is 4.52 Å². The highest BCUT2D eigenvalue weighted by atomic mass is 79.9. The van der Waals surface area contributed by atoms with Crippen LogP contribution in [0.4, 0.5) is 10.2 Å². The molecule has 4 rings (SSSR count). The lowest BCUT2D eigenvalue weighted by Gasteiger charge is -2.15. The minimum atomic E-state index is -3.38. The van der Waals surface area contributed by atoms with Crippen LogP contribution in [-0.2, 0) is 10.0 Å². The third-order valence-corrected chi connectivity index (χ3v) is 7.06. The Morgan fingerprint density at radius 1 is 1.20 bits per heavy atom. The van der Waals surface area contributed by atoms with Crippen LogP contribution < -0.4 is 11.1 Å². The molecule has 1 aromatic carbocycles. The molecule has 14 heteroatoms. The Hall–Kier alpha value is -2.58. The maximum atomic E-state index is 13.6. The zero-order chi connectivity index (χ0) is 21.3. The molecule has 1 N–H and O–H groups in total. The maximum absolute atomic E-state index is 13.6. The molecule has 1 aliphatic rings. The lowest BCUT2D eigenvalue weighted by molar-refractivity contribution is 0.309. The van der Waals surface area contributed by atoms with Gasteiger partial charge >= 0.3 is 5.76 Å². The molecule has 0 aliphatic carbocycles. The number of rotatable bonds is 7. The van der Waals surface area contributed by atoms with E-state index >= 15 is 0 Å². The highest BCUT2D eigenvalue weighted by molar-refractivity contribution is 9.10. The fourth-order valence-corrected chi connectivity index (χ4v) is 4.90. The van der Waals surface area contributed by atoms with Gasteiger partial charge in [-0.1, -0.05) is 5.16 Å². The van der Waals surface area contributed by atoms with Crippen LogP contribution in [-0.4, -0.2) is 58.1 Å². The lowest BCUT2D eigenvalue weighted by atomic mass is 10.3. The predicted molar refractivity (Wildman–Crippen MR) is 106 cm³/mol. The van der Waals surface area contributed by atoms with Crippen molar-refractivity contribution >= 4 is 31.8 Å². The Labute approximate surface area is 178 Å². The van der Waals surface area contributed by atoms with Gasteiger partial charge in [0.05, 0.1) is 15.9 Å². The first kappa shape index (κ1) is 20.7. The number of aromatic nitrogens is 4. The van der Waals surface area contributed by atoms with Gasteiger partial charge < -0.3 is 5.32 Å². The molecule has 0 bridgehead atoms. The molecule has 160 valence electrons. The van der Waals surface area contributed by atoms with E-state index < -0.39 is 21.6 Å². The minimum absolute atomic E-state index is 0.0374. The van der Waals surface area contributed by atoms with Crippen LogP contribution in [0, 0.1) is 5.82 Å². The number of hydrogen-bond donors (Lipinski definition) is 1. The Balaban J connectivity index is 1.57. The van der Waals surface area contributed by atoms with Crippen LogP contribution in [0.15, 0.2) is 36.6 Å². The largest absolute Gasteiger partial charge is 0.446 e. The predicted octanol–water partition coefficient (Wildman–Crippen LogP) is 1.61. The molecule has 2 aromatic heterocycles. The monoisotopic (exact) mass is 502 g/mol. The number of sulfonamides is 1. The van der Waals surface area contributed by atoms with Gasteiger partial charge in [0.2, 0.25) is 21.7 Å². The van der Waals surface area contributed by atoms with Gasteiger partial charge in [0.1, 0.15) is 5.82 Å². The van der Waals surface area contributed by atoms with Crippen LogP contribution in [0.2, 0.25) is 0 Å². The van der Waals surface area contributed by atoms with E-state index in [4.69, 9.17) is 9.15 Å². The first-order valence-corrected chi connectivity index (χ1v) is 11.4. The zero-order valence-electron chi connectivity index (χ0n) is 15.4. The van der Waals surface area contributed by atoms with E-state index in [0.29, 0.717) is 13.1 Å². The Morgan fingerprint density at radius 3 is 2.70 bits per heavy atom. The molecule has 1 saturated heterocycles. The number of anilines is 1. The molecule has 3 aromatic rings. The molecule has 1 aliphatic heterocycles. The SMILES string of the molecule is O=c1onc(-c2nonc2NCCS(=O)(=O)N2CCCC2)n1-c1ccc(F)c(Br)c1. The smallest absolute Gasteiger partial charge is 0.364 e. The summed E-state index contributed by atoms with van der Waals surface area (Å²) in [5.41, 5.74) is 0.315. The van der Waals surface area contributed by atoms with Crippen molar-refractivity contribution in [3.8, 4) is 17.2 Å². The Morgan fingerprint density at radius 2 is 1.97 bits per heavy atom. The van der Waals surface area contributed by atoms with E-state index in [-0.39, 0.29) is 39.8 Å². The third kappa shape index (κ3) is 4.02. The summed E-state index contributed by atoms with van der Waals surface area (Å²) in [4.78, 5) is 12.2. The van der Waals surface area contributed by atoms with Crippen molar-refractivity contribution in [3.05, 3.63) is 39.0 Å². The van der Waals surface area contributed by atoms with Crippen molar-refractivity contribution in [1.29, 1.82) is 0 Å². The number of hydrogen-bond acceptors (Lipinski definition) is 9. The average Bonchev–Trinajstić information content (AvgIpc) is 3.45. The average molecular weight is 503 g/mol. The van der Waals surface area contributed by atoms with Crippen LogP contribution in [0.5, 0.6) is 0 Å². The quantitative estimate of drug-likeness (QED) is 0.510.